The maximum absolute atomic E-state index is 11.0. The van der Waals surface area contributed by atoms with Gasteiger partial charge in [0.2, 0.25) is 0 Å². The second kappa shape index (κ2) is 3.79. The Morgan fingerprint density at radius 3 is 2.36 bits per heavy atom. The molecule has 4 nitrogen and oxygen atoms in total. The zero-order valence-electron chi connectivity index (χ0n) is 8.57. The van der Waals surface area contributed by atoms with E-state index in [2.05, 4.69) is 10.2 Å². The zero-order valence-corrected chi connectivity index (χ0v) is 9.39. The molecule has 5 heteroatoms. The summed E-state index contributed by atoms with van der Waals surface area (Å²) in [6.07, 6.45) is 1.31. The Bertz CT molecular complexity index is 290. The topological polar surface area (TPSA) is 49.4 Å². The first kappa shape index (κ1) is 10.4. The molecule has 0 bridgehead atoms. The van der Waals surface area contributed by atoms with Gasteiger partial charge in [-0.1, -0.05) is 0 Å². The fourth-order valence-electron chi connectivity index (χ4n) is 2.43. The first-order chi connectivity index (χ1) is 6.54. The van der Waals surface area contributed by atoms with Crippen molar-refractivity contribution in [3.05, 3.63) is 0 Å². The number of nitrogens with one attached hydrogen (secondary N) is 1. The lowest BCUT2D eigenvalue weighted by atomic mass is 10.0. The first-order valence-electron chi connectivity index (χ1n) is 5.15. The molecule has 0 aromatic carbocycles. The van der Waals surface area contributed by atoms with E-state index in [0.29, 0.717) is 12.3 Å². The standard InChI is InChI=1S/C9H18N2O2S/c1-14(12,13)3-2-11-6-8-4-10-5-9(8)7-11/h8-10H,2-7H2,1H3/t8-,9+. The van der Waals surface area contributed by atoms with E-state index >= 15 is 0 Å². The fourth-order valence-corrected chi connectivity index (χ4v) is 3.02. The third kappa shape index (κ3) is 2.46. The number of nitrogens with zero attached hydrogens (tertiary/aromatic N) is 1. The monoisotopic (exact) mass is 218 g/mol. The minimum absolute atomic E-state index is 0.305. The van der Waals surface area contributed by atoms with Gasteiger partial charge in [0.15, 0.2) is 0 Å². The molecular weight excluding hydrogens is 200 g/mol. The summed E-state index contributed by atoms with van der Waals surface area (Å²) in [5.74, 6) is 1.82. The van der Waals surface area contributed by atoms with Crippen LogP contribution >= 0.6 is 0 Å². The first-order valence-corrected chi connectivity index (χ1v) is 7.21. The summed E-state index contributed by atoms with van der Waals surface area (Å²) < 4.78 is 22.0. The van der Waals surface area contributed by atoms with Gasteiger partial charge in [-0.15, -0.1) is 0 Å². The molecule has 0 aromatic heterocycles. The van der Waals surface area contributed by atoms with Crippen LogP contribution in [0, 0.1) is 11.8 Å². The second-order valence-electron chi connectivity index (χ2n) is 4.57. The molecule has 0 amide bonds. The van der Waals surface area contributed by atoms with E-state index in [9.17, 15) is 8.42 Å². The Hall–Kier alpha value is -0.130. The smallest absolute Gasteiger partial charge is 0.148 e. The number of sulfone groups is 1. The van der Waals surface area contributed by atoms with Crippen molar-refractivity contribution < 1.29 is 8.42 Å². The van der Waals surface area contributed by atoms with Crippen molar-refractivity contribution in [1.29, 1.82) is 0 Å². The van der Waals surface area contributed by atoms with E-state index < -0.39 is 9.84 Å². The highest BCUT2D eigenvalue weighted by atomic mass is 32.2. The Balaban J connectivity index is 1.80. The van der Waals surface area contributed by atoms with E-state index in [4.69, 9.17) is 0 Å². The molecule has 82 valence electrons. The van der Waals surface area contributed by atoms with Crippen LogP contribution in [0.1, 0.15) is 0 Å². The normalized spacial score (nSPS) is 33.5. The van der Waals surface area contributed by atoms with Crippen LogP contribution in [0.15, 0.2) is 0 Å². The van der Waals surface area contributed by atoms with Crippen molar-refractivity contribution in [2.75, 3.05) is 44.7 Å². The van der Waals surface area contributed by atoms with E-state index in [0.717, 1.165) is 38.0 Å². The van der Waals surface area contributed by atoms with Crippen LogP contribution in [-0.2, 0) is 9.84 Å². The maximum atomic E-state index is 11.0. The molecule has 0 unspecified atom stereocenters. The fraction of sp³-hybridized carbons (Fsp3) is 1.00. The Morgan fingerprint density at radius 2 is 1.86 bits per heavy atom. The van der Waals surface area contributed by atoms with Crippen molar-refractivity contribution in [1.82, 2.24) is 10.2 Å². The summed E-state index contributed by atoms with van der Waals surface area (Å²) >= 11 is 0. The van der Waals surface area contributed by atoms with Gasteiger partial charge in [-0.05, 0) is 24.9 Å². The lowest BCUT2D eigenvalue weighted by molar-refractivity contribution is 0.331. The molecule has 2 fully saturated rings. The minimum atomic E-state index is -2.79. The van der Waals surface area contributed by atoms with Crippen LogP contribution in [0.2, 0.25) is 0 Å². The van der Waals surface area contributed by atoms with Crippen LogP contribution in [0.5, 0.6) is 0 Å². The lowest BCUT2D eigenvalue weighted by Crippen LogP contribution is -2.30. The predicted octanol–water partition coefficient (Wildman–Crippen LogP) is -0.818. The third-order valence-corrected chi connectivity index (χ3v) is 4.17. The maximum Gasteiger partial charge on any atom is 0.148 e. The Morgan fingerprint density at radius 1 is 1.29 bits per heavy atom. The van der Waals surface area contributed by atoms with Gasteiger partial charge >= 0.3 is 0 Å². The van der Waals surface area contributed by atoms with Gasteiger partial charge in [0.1, 0.15) is 9.84 Å². The molecular formula is C9H18N2O2S. The Kier molecular flexibility index (Phi) is 2.81. The van der Waals surface area contributed by atoms with Crippen LogP contribution in [0.25, 0.3) is 0 Å². The van der Waals surface area contributed by atoms with Crippen LogP contribution in [0.4, 0.5) is 0 Å². The summed E-state index contributed by atoms with van der Waals surface area (Å²) in [4.78, 5) is 2.29. The minimum Gasteiger partial charge on any atom is -0.316 e. The summed E-state index contributed by atoms with van der Waals surface area (Å²) in [5, 5.41) is 3.37. The van der Waals surface area contributed by atoms with Gasteiger partial charge in [-0.25, -0.2) is 8.42 Å². The molecule has 0 aliphatic carbocycles. The van der Waals surface area contributed by atoms with E-state index in [1.54, 1.807) is 0 Å². The van der Waals surface area contributed by atoms with E-state index in [-0.39, 0.29) is 0 Å². The molecule has 2 aliphatic rings. The predicted molar refractivity (Wildman–Crippen MR) is 56.0 cm³/mol. The zero-order chi connectivity index (χ0) is 10.2. The number of likely N-dealkylation sites (tertiary alicyclic amines) is 1. The molecule has 0 aromatic rings. The van der Waals surface area contributed by atoms with Crippen LogP contribution in [-0.4, -0.2) is 58.1 Å². The lowest BCUT2D eigenvalue weighted by Gasteiger charge is -2.15. The highest BCUT2D eigenvalue weighted by molar-refractivity contribution is 7.90. The average molecular weight is 218 g/mol. The number of rotatable bonds is 3. The SMILES string of the molecule is CS(=O)(=O)CCN1C[C@H]2CNC[C@H]2C1. The average Bonchev–Trinajstić information content (AvgIpc) is 2.56. The summed E-state index contributed by atoms with van der Waals surface area (Å²) in [6, 6.07) is 0. The van der Waals surface area contributed by atoms with Crippen molar-refractivity contribution >= 4 is 9.84 Å². The quantitative estimate of drug-likeness (QED) is 0.672. The molecule has 2 saturated heterocycles. The molecule has 0 saturated carbocycles. The highest BCUT2D eigenvalue weighted by Gasteiger charge is 2.35. The van der Waals surface area contributed by atoms with Crippen molar-refractivity contribution in [3.63, 3.8) is 0 Å². The summed E-state index contributed by atoms with van der Waals surface area (Å²) in [6.45, 7) is 5.09. The third-order valence-electron chi connectivity index (χ3n) is 3.24. The Labute approximate surface area is 85.6 Å². The molecule has 2 atom stereocenters. The molecule has 0 radical (unpaired) electrons. The molecule has 2 rings (SSSR count). The van der Waals surface area contributed by atoms with Crippen molar-refractivity contribution in [3.8, 4) is 0 Å². The number of hydrogen-bond acceptors (Lipinski definition) is 4. The van der Waals surface area contributed by atoms with Gasteiger partial charge in [-0.3, -0.25) is 0 Å². The molecule has 2 aliphatic heterocycles. The number of fused-ring (bicyclic) bond motifs is 1. The van der Waals surface area contributed by atoms with Crippen LogP contribution < -0.4 is 5.32 Å². The molecule has 0 spiro atoms. The van der Waals surface area contributed by atoms with Gasteiger partial charge < -0.3 is 10.2 Å². The largest absolute Gasteiger partial charge is 0.316 e. The van der Waals surface area contributed by atoms with E-state index in [1.165, 1.54) is 6.26 Å². The second-order valence-corrected chi connectivity index (χ2v) is 6.83. The van der Waals surface area contributed by atoms with Crippen molar-refractivity contribution in [2.24, 2.45) is 11.8 Å². The summed E-state index contributed by atoms with van der Waals surface area (Å²) in [5.41, 5.74) is 0. The van der Waals surface area contributed by atoms with Gasteiger partial charge in [0.25, 0.3) is 0 Å². The van der Waals surface area contributed by atoms with E-state index in [1.807, 2.05) is 0 Å². The molecule has 14 heavy (non-hydrogen) atoms. The molecule has 1 N–H and O–H groups in total. The number of hydrogen-bond donors (Lipinski definition) is 1. The highest BCUT2D eigenvalue weighted by Crippen LogP contribution is 2.25. The van der Waals surface area contributed by atoms with Crippen LogP contribution in [0.3, 0.4) is 0 Å². The van der Waals surface area contributed by atoms with Gasteiger partial charge in [-0.2, -0.15) is 0 Å². The van der Waals surface area contributed by atoms with Crippen molar-refractivity contribution in [2.45, 2.75) is 0 Å². The van der Waals surface area contributed by atoms with Gasteiger partial charge in [0.05, 0.1) is 5.75 Å². The molecule has 2 heterocycles. The van der Waals surface area contributed by atoms with Gasteiger partial charge in [0, 0.05) is 25.9 Å². The summed E-state index contributed by atoms with van der Waals surface area (Å²) in [7, 11) is -2.79.